The number of aldehydes is 2. The van der Waals surface area contributed by atoms with Gasteiger partial charge in [0.25, 0.3) is 0 Å². The van der Waals surface area contributed by atoms with E-state index < -0.39 is 24.7 Å². The van der Waals surface area contributed by atoms with E-state index in [0.29, 0.717) is 30.9 Å². The number of likely N-dealkylation sites (tertiary alicyclic amines) is 2. The smallest absolute Gasteiger partial charge is 0.243 e. The molecule has 3 fully saturated rings. The molecule has 2 unspecified atom stereocenters. The van der Waals surface area contributed by atoms with E-state index in [1.54, 1.807) is 42.8 Å². The topological polar surface area (TPSA) is 194 Å². The van der Waals surface area contributed by atoms with E-state index in [9.17, 15) is 43.2 Å². The van der Waals surface area contributed by atoms with E-state index in [2.05, 4.69) is 0 Å². The molecule has 4 amide bonds. The van der Waals surface area contributed by atoms with Crippen molar-refractivity contribution in [2.45, 2.75) is 62.4 Å². The number of ketones is 1. The van der Waals surface area contributed by atoms with E-state index in [1.807, 2.05) is 18.4 Å². The first-order valence-corrected chi connectivity index (χ1v) is 22.2. The Labute approximate surface area is 375 Å². The number of Topliss-reactive ketones (excluding diaryl/α,β-unsaturated/α-hetero) is 1. The van der Waals surface area contributed by atoms with Gasteiger partial charge < -0.3 is 30.9 Å². The van der Waals surface area contributed by atoms with E-state index in [1.165, 1.54) is 47.1 Å². The van der Waals surface area contributed by atoms with E-state index >= 15 is 0 Å². The summed E-state index contributed by atoms with van der Waals surface area (Å²) in [6.07, 6.45) is 11.2. The summed E-state index contributed by atoms with van der Waals surface area (Å²) in [6.45, 7) is 2.37. The molecular weight excluding hydrogens is 886 g/mol. The maximum Gasteiger partial charge on any atom is 0.243 e. The number of benzene rings is 1. The summed E-state index contributed by atoms with van der Waals surface area (Å²) in [7, 11) is 0. The van der Waals surface area contributed by atoms with Crippen LogP contribution < -0.4 is 0 Å². The Balaban J connectivity index is -0.000000705. The third kappa shape index (κ3) is 23.1. The molecule has 55 heavy (non-hydrogen) atoms. The van der Waals surface area contributed by atoms with Crippen molar-refractivity contribution >= 4 is 124 Å². The predicted molar refractivity (Wildman–Crippen MR) is 220 cm³/mol. The number of thioether (sulfide) groups is 5. The molecule has 2 aliphatic heterocycles. The monoisotopic (exact) mass is 937 g/mol. The van der Waals surface area contributed by atoms with Gasteiger partial charge in [0.2, 0.25) is 23.6 Å². The fourth-order valence-corrected chi connectivity index (χ4v) is 6.50. The standard InChI is InChI=1S/C13H19NO3S.C11H12O2S.C7H9NO3S.C2H4OS.C2H3OS.CHO.Y/c1-18-11-6-12(16)14(13(11)17)7-9-2-4-10(8-15)5-3-9;1-8(12)10-5-3-9(4-6-10)7-11(13)14-2;1-12-5-4-6(10)8(2-3-9)7(5)11;2*1-4-2-3;1-2;/h8-11H,2-7H2,1H3;3-6H,7H2,1-2H3;3,5H,2,4H2,1H3;2H,1H3;1H3;1H;/q;;;;2*-1;/i8D;;3D;2D;;1D;. The van der Waals surface area contributed by atoms with Gasteiger partial charge in [-0.3, -0.25) is 50.1 Å². The van der Waals surface area contributed by atoms with Crippen LogP contribution in [0.5, 0.6) is 0 Å². The van der Waals surface area contributed by atoms with Crippen LogP contribution in [0.1, 0.15) is 66.9 Å². The Morgan fingerprint density at radius 1 is 0.891 bits per heavy atom. The van der Waals surface area contributed by atoms with Crippen molar-refractivity contribution in [1.82, 2.24) is 9.80 Å². The van der Waals surface area contributed by atoms with Crippen molar-refractivity contribution in [1.29, 1.82) is 0 Å². The summed E-state index contributed by atoms with van der Waals surface area (Å²) in [5, 5.41) is -0.439. The molecule has 13 nitrogen and oxygen atoms in total. The molecule has 1 saturated carbocycles. The number of carbonyl (C=O) groups excluding carboxylic acids is 11. The minimum absolute atomic E-state index is 0. The molecule has 1 aromatic rings. The van der Waals surface area contributed by atoms with Crippen molar-refractivity contribution in [2.24, 2.45) is 11.8 Å². The maximum atomic E-state index is 12.0. The molecule has 1 aromatic carbocycles. The quantitative estimate of drug-likeness (QED) is 0.133. The van der Waals surface area contributed by atoms with Crippen LogP contribution in [-0.4, -0.2) is 130 Å². The Morgan fingerprint density at radius 3 is 1.69 bits per heavy atom. The van der Waals surface area contributed by atoms with E-state index in [0.717, 1.165) is 66.4 Å². The third-order valence-corrected chi connectivity index (χ3v) is 10.6. The maximum absolute atomic E-state index is 12.0. The molecule has 0 N–H and O–H groups in total. The molecule has 2 heterocycles. The zero-order chi connectivity index (χ0) is 45.0. The number of hydrogen-bond acceptors (Lipinski definition) is 16. The summed E-state index contributed by atoms with van der Waals surface area (Å²) in [5.41, 5.74) is 2.66. The summed E-state index contributed by atoms with van der Waals surface area (Å²) in [6, 6.07) is 7.16. The molecule has 2 atom stereocenters. The van der Waals surface area contributed by atoms with Gasteiger partial charge in [-0.1, -0.05) is 47.8 Å². The number of carbonyl (C=O) groups is 9. The van der Waals surface area contributed by atoms with E-state index in [4.69, 9.17) is 15.1 Å². The number of imide groups is 2. The zero-order valence-electron chi connectivity index (χ0n) is 35.5. The van der Waals surface area contributed by atoms with Gasteiger partial charge in [-0.15, -0.1) is 0 Å². The fourth-order valence-electron chi connectivity index (χ4n) is 4.91. The largest absolute Gasteiger partial charge is 0.545 e. The van der Waals surface area contributed by atoms with Crippen LogP contribution in [0, 0.1) is 11.8 Å². The fraction of sp³-hybridized carbons (Fsp3) is 0.528. The van der Waals surface area contributed by atoms with Crippen LogP contribution in [0.25, 0.3) is 0 Å². The van der Waals surface area contributed by atoms with Gasteiger partial charge in [-0.2, -0.15) is 24.9 Å². The molecule has 0 bridgehead atoms. The van der Waals surface area contributed by atoms with Crippen LogP contribution >= 0.6 is 58.8 Å². The van der Waals surface area contributed by atoms with Gasteiger partial charge in [0, 0.05) is 70.0 Å². The van der Waals surface area contributed by atoms with Gasteiger partial charge in [-0.25, -0.2) is 5.62 Å². The van der Waals surface area contributed by atoms with Crippen molar-refractivity contribution in [2.75, 3.05) is 44.4 Å². The molecule has 303 valence electrons. The second kappa shape index (κ2) is 35.2. The summed E-state index contributed by atoms with van der Waals surface area (Å²) in [4.78, 5) is 119. The van der Waals surface area contributed by atoms with Crippen LogP contribution in [-0.2, 0) is 87.1 Å². The van der Waals surface area contributed by atoms with Crippen LogP contribution in [0.2, 0.25) is 0 Å². The molecule has 3 aliphatic rings. The number of nitrogens with zero attached hydrogens (tertiary/aromatic N) is 2. The molecule has 0 aromatic heterocycles. The van der Waals surface area contributed by atoms with Gasteiger partial charge in [-0.05, 0) is 75.4 Å². The molecule has 0 spiro atoms. The predicted octanol–water partition coefficient (Wildman–Crippen LogP) is 4.16. The zero-order valence-corrected chi connectivity index (χ0v) is 38.4. The first-order valence-electron chi connectivity index (χ1n) is 18.0. The Hall–Kier alpha value is -1.96. The van der Waals surface area contributed by atoms with Crippen molar-refractivity contribution in [3.8, 4) is 0 Å². The van der Waals surface area contributed by atoms with Gasteiger partial charge in [0.1, 0.15) is 16.6 Å². The van der Waals surface area contributed by atoms with Crippen LogP contribution in [0.4, 0.5) is 0 Å². The Morgan fingerprint density at radius 2 is 1.35 bits per heavy atom. The average molecular weight is 938 g/mol. The van der Waals surface area contributed by atoms with E-state index in [-0.39, 0.29) is 90.1 Å². The summed E-state index contributed by atoms with van der Waals surface area (Å²) < 4.78 is 25.3. The second-order valence-electron chi connectivity index (χ2n) is 11.1. The molecule has 1 radical (unpaired) electrons. The minimum Gasteiger partial charge on any atom is -0.545 e. The molecule has 19 heteroatoms. The molecular formula is C36H48N2O11S5Y-2. The molecule has 4 rings (SSSR count). The third-order valence-electron chi connectivity index (χ3n) is 7.75. The number of hydrogen-bond donors (Lipinski definition) is 0. The van der Waals surface area contributed by atoms with Crippen molar-refractivity contribution in [3.05, 3.63) is 35.4 Å². The molecule has 2 saturated heterocycles. The summed E-state index contributed by atoms with van der Waals surface area (Å²) >= 11 is 5.91. The normalized spacial score (nSPS) is 20.3. The van der Waals surface area contributed by atoms with Gasteiger partial charge in [0.05, 0.1) is 17.0 Å². The molecule has 1 aliphatic carbocycles. The first kappa shape index (κ1) is 49.2. The number of amides is 4. The Kier molecular flexibility index (Phi) is 31.5. The Bertz CT molecular complexity index is 1570. The number of rotatable bonds is 11. The first-order chi connectivity index (χ1) is 27.3. The van der Waals surface area contributed by atoms with Crippen molar-refractivity contribution < 1.29 is 90.9 Å². The second-order valence-corrected chi connectivity index (χ2v) is 15.2. The summed E-state index contributed by atoms with van der Waals surface area (Å²) in [5.74, 6) is -0.626. The minimum atomic E-state index is -0.913. The SMILES string of the molecule is CSC(=O)Cc1ccc(C(C)=O)cc1.CS[C-]=O.[2H]C(=O)C1CCC(CN2C(=O)CC(SC)C2=O)CC1.[2H]C(=O)CN1C(=O)CC(SC)C1=O.[2H]C(=O)SC.[2H][C-]=O.[Y]. The van der Waals surface area contributed by atoms with Gasteiger partial charge >= 0.3 is 0 Å². The van der Waals surface area contributed by atoms with Crippen LogP contribution in [0.15, 0.2) is 24.3 Å². The average Bonchev–Trinajstić information content (AvgIpc) is 3.63. The van der Waals surface area contributed by atoms with Gasteiger partial charge in [0.15, 0.2) is 16.5 Å². The van der Waals surface area contributed by atoms with Crippen LogP contribution in [0.3, 0.4) is 0 Å². The van der Waals surface area contributed by atoms with Crippen molar-refractivity contribution in [3.63, 3.8) is 0 Å².